The van der Waals surface area contributed by atoms with Crippen LogP contribution in [0.1, 0.15) is 39.2 Å². The predicted octanol–water partition coefficient (Wildman–Crippen LogP) is 2.52. The van der Waals surface area contributed by atoms with E-state index in [1.165, 1.54) is 11.3 Å². The molecule has 98 valence electrons. The van der Waals surface area contributed by atoms with E-state index in [2.05, 4.69) is 56.1 Å². The van der Waals surface area contributed by atoms with Crippen molar-refractivity contribution in [2.24, 2.45) is 0 Å². The highest BCUT2D eigenvalue weighted by Gasteiger charge is 2.31. The maximum absolute atomic E-state index is 11.8. The Morgan fingerprint density at radius 3 is 2.56 bits per heavy atom. The number of amides is 1. The Morgan fingerprint density at radius 1 is 1.28 bits per heavy atom. The van der Waals surface area contributed by atoms with E-state index in [0.29, 0.717) is 12.5 Å². The second-order valence-electron chi connectivity index (χ2n) is 6.00. The number of rotatable bonds is 2. The summed E-state index contributed by atoms with van der Waals surface area (Å²) in [5.74, 6) is 0.569. The first-order chi connectivity index (χ1) is 8.39. The third-order valence-electron chi connectivity index (χ3n) is 3.30. The second kappa shape index (κ2) is 4.63. The van der Waals surface area contributed by atoms with Crippen LogP contribution < -0.4 is 10.2 Å². The lowest BCUT2D eigenvalue weighted by atomic mass is 9.97. The van der Waals surface area contributed by atoms with Gasteiger partial charge in [0.05, 0.1) is 12.1 Å². The summed E-state index contributed by atoms with van der Waals surface area (Å²) >= 11 is 0. The van der Waals surface area contributed by atoms with Crippen LogP contribution in [0.5, 0.6) is 0 Å². The molecule has 1 fully saturated rings. The molecule has 1 aromatic rings. The molecule has 1 N–H and O–H groups in total. The highest BCUT2D eigenvalue weighted by molar-refractivity contribution is 5.84. The zero-order valence-corrected chi connectivity index (χ0v) is 11.7. The number of benzene rings is 1. The van der Waals surface area contributed by atoms with Crippen LogP contribution in [-0.2, 0) is 4.79 Å². The highest BCUT2D eigenvalue weighted by Crippen LogP contribution is 2.29. The molecule has 1 amide bonds. The fourth-order valence-electron chi connectivity index (χ4n) is 2.60. The minimum Gasteiger partial charge on any atom is -0.360 e. The molecule has 3 heteroatoms. The molecule has 0 atom stereocenters. The van der Waals surface area contributed by atoms with Gasteiger partial charge in [0.15, 0.2) is 0 Å². The van der Waals surface area contributed by atoms with Gasteiger partial charge in [-0.05, 0) is 31.4 Å². The number of carbonyl (C=O) groups is 1. The Labute approximate surface area is 109 Å². The Hall–Kier alpha value is -1.51. The van der Waals surface area contributed by atoms with Crippen LogP contribution in [0, 0.1) is 0 Å². The zero-order chi connectivity index (χ0) is 13.3. The van der Waals surface area contributed by atoms with E-state index in [-0.39, 0.29) is 11.4 Å². The molecule has 0 aromatic heterocycles. The van der Waals surface area contributed by atoms with E-state index < -0.39 is 0 Å². The van der Waals surface area contributed by atoms with Crippen molar-refractivity contribution in [1.29, 1.82) is 0 Å². The van der Waals surface area contributed by atoms with Gasteiger partial charge in [-0.15, -0.1) is 0 Å². The summed E-state index contributed by atoms with van der Waals surface area (Å²) in [6.45, 7) is 9.81. The van der Waals surface area contributed by atoms with Crippen molar-refractivity contribution in [2.75, 3.05) is 18.0 Å². The molecule has 1 aliphatic rings. The fraction of sp³-hybridized carbons (Fsp3) is 0.533. The molecule has 0 unspecified atom stereocenters. The van der Waals surface area contributed by atoms with E-state index in [4.69, 9.17) is 0 Å². The van der Waals surface area contributed by atoms with Gasteiger partial charge < -0.3 is 10.2 Å². The topological polar surface area (TPSA) is 32.3 Å². The van der Waals surface area contributed by atoms with Gasteiger partial charge >= 0.3 is 0 Å². The molecule has 2 rings (SSSR count). The van der Waals surface area contributed by atoms with Crippen molar-refractivity contribution < 1.29 is 4.79 Å². The molecule has 1 heterocycles. The number of anilines is 1. The summed E-state index contributed by atoms with van der Waals surface area (Å²) in [4.78, 5) is 14.0. The van der Waals surface area contributed by atoms with Gasteiger partial charge in [0, 0.05) is 12.2 Å². The lowest BCUT2D eigenvalue weighted by Gasteiger charge is -2.40. The van der Waals surface area contributed by atoms with Crippen LogP contribution in [0.15, 0.2) is 24.3 Å². The molecule has 0 spiro atoms. The maximum atomic E-state index is 11.8. The number of para-hydroxylation sites is 1. The van der Waals surface area contributed by atoms with Gasteiger partial charge in [0.25, 0.3) is 0 Å². The minimum absolute atomic E-state index is 0.102. The van der Waals surface area contributed by atoms with Gasteiger partial charge in [-0.25, -0.2) is 0 Å². The fourth-order valence-corrected chi connectivity index (χ4v) is 2.60. The third-order valence-corrected chi connectivity index (χ3v) is 3.30. The van der Waals surface area contributed by atoms with Crippen molar-refractivity contribution >= 4 is 11.6 Å². The quantitative estimate of drug-likeness (QED) is 0.869. The van der Waals surface area contributed by atoms with Crippen molar-refractivity contribution in [2.45, 2.75) is 39.2 Å². The molecule has 3 nitrogen and oxygen atoms in total. The van der Waals surface area contributed by atoms with E-state index in [1.807, 2.05) is 6.07 Å². The van der Waals surface area contributed by atoms with Crippen LogP contribution in [0.4, 0.5) is 5.69 Å². The Morgan fingerprint density at radius 2 is 1.94 bits per heavy atom. The standard InChI is InChI=1S/C15H22N2O/c1-11(2)12-7-5-6-8-13(12)17-9-14(18)16-15(3,4)10-17/h5-8,11H,9-10H2,1-4H3,(H,16,18). The lowest BCUT2D eigenvalue weighted by molar-refractivity contribution is -0.122. The van der Waals surface area contributed by atoms with E-state index in [0.717, 1.165) is 6.54 Å². The predicted molar refractivity (Wildman–Crippen MR) is 75.0 cm³/mol. The second-order valence-corrected chi connectivity index (χ2v) is 6.00. The number of hydrogen-bond acceptors (Lipinski definition) is 2. The molecule has 1 saturated heterocycles. The van der Waals surface area contributed by atoms with Crippen LogP contribution in [0.2, 0.25) is 0 Å². The first kappa shape index (κ1) is 12.9. The summed E-state index contributed by atoms with van der Waals surface area (Å²) in [6.07, 6.45) is 0. The summed E-state index contributed by atoms with van der Waals surface area (Å²) < 4.78 is 0. The number of carbonyl (C=O) groups excluding carboxylic acids is 1. The van der Waals surface area contributed by atoms with E-state index >= 15 is 0 Å². The van der Waals surface area contributed by atoms with Gasteiger partial charge in [-0.1, -0.05) is 32.0 Å². The lowest BCUT2D eigenvalue weighted by Crippen LogP contribution is -2.60. The average molecular weight is 246 g/mol. The number of nitrogens with one attached hydrogen (secondary N) is 1. The molecule has 1 aromatic carbocycles. The van der Waals surface area contributed by atoms with Crippen LogP contribution >= 0.6 is 0 Å². The smallest absolute Gasteiger partial charge is 0.239 e. The van der Waals surface area contributed by atoms with Crippen molar-refractivity contribution in [1.82, 2.24) is 5.32 Å². The van der Waals surface area contributed by atoms with Crippen LogP contribution in [-0.4, -0.2) is 24.5 Å². The molecular formula is C15H22N2O. The maximum Gasteiger partial charge on any atom is 0.239 e. The van der Waals surface area contributed by atoms with Crippen molar-refractivity contribution in [3.05, 3.63) is 29.8 Å². The first-order valence-electron chi connectivity index (χ1n) is 6.54. The third kappa shape index (κ3) is 2.66. The molecule has 0 saturated carbocycles. The molecule has 1 aliphatic heterocycles. The minimum atomic E-state index is -0.167. The summed E-state index contributed by atoms with van der Waals surface area (Å²) in [5.41, 5.74) is 2.33. The first-order valence-corrected chi connectivity index (χ1v) is 6.54. The van der Waals surface area contributed by atoms with Gasteiger partial charge in [-0.3, -0.25) is 4.79 Å². The molecule has 18 heavy (non-hydrogen) atoms. The molecular weight excluding hydrogens is 224 g/mol. The van der Waals surface area contributed by atoms with Gasteiger partial charge in [-0.2, -0.15) is 0 Å². The van der Waals surface area contributed by atoms with Gasteiger partial charge in [0.2, 0.25) is 5.91 Å². The number of hydrogen-bond donors (Lipinski definition) is 1. The molecule has 0 aliphatic carbocycles. The number of piperazine rings is 1. The van der Waals surface area contributed by atoms with Gasteiger partial charge in [0.1, 0.15) is 0 Å². The van der Waals surface area contributed by atoms with Crippen molar-refractivity contribution in [3.63, 3.8) is 0 Å². The molecule has 0 bridgehead atoms. The Kier molecular flexibility index (Phi) is 3.33. The SMILES string of the molecule is CC(C)c1ccccc1N1CC(=O)NC(C)(C)C1. The van der Waals surface area contributed by atoms with E-state index in [1.54, 1.807) is 0 Å². The number of nitrogens with zero attached hydrogens (tertiary/aromatic N) is 1. The monoisotopic (exact) mass is 246 g/mol. The average Bonchev–Trinajstić information content (AvgIpc) is 2.26. The Balaban J connectivity index is 2.34. The summed E-state index contributed by atoms with van der Waals surface area (Å²) in [6, 6.07) is 8.37. The molecule has 0 radical (unpaired) electrons. The Bertz CT molecular complexity index is 452. The van der Waals surface area contributed by atoms with Crippen molar-refractivity contribution in [3.8, 4) is 0 Å². The van der Waals surface area contributed by atoms with Crippen LogP contribution in [0.25, 0.3) is 0 Å². The summed E-state index contributed by atoms with van der Waals surface area (Å²) in [7, 11) is 0. The largest absolute Gasteiger partial charge is 0.360 e. The summed E-state index contributed by atoms with van der Waals surface area (Å²) in [5, 5.41) is 3.02. The van der Waals surface area contributed by atoms with Crippen LogP contribution in [0.3, 0.4) is 0 Å². The normalized spacial score (nSPS) is 18.9. The highest BCUT2D eigenvalue weighted by atomic mass is 16.2. The van der Waals surface area contributed by atoms with E-state index in [9.17, 15) is 4.79 Å². The zero-order valence-electron chi connectivity index (χ0n) is 11.7.